The smallest absolute Gasteiger partial charge is 0.254 e. The summed E-state index contributed by atoms with van der Waals surface area (Å²) in [5.74, 6) is 0.0890. The molecule has 3 rings (SSSR count). The van der Waals surface area contributed by atoms with Crippen LogP contribution in [0.4, 0.5) is 5.69 Å². The predicted molar refractivity (Wildman–Crippen MR) is 92.3 cm³/mol. The van der Waals surface area contributed by atoms with E-state index in [1.165, 1.54) is 5.56 Å². The maximum Gasteiger partial charge on any atom is 0.254 e. The van der Waals surface area contributed by atoms with Crippen LogP contribution in [0.5, 0.6) is 0 Å². The first-order valence-corrected chi connectivity index (χ1v) is 7.39. The Balaban J connectivity index is 0.00000176. The van der Waals surface area contributed by atoms with Gasteiger partial charge in [-0.3, -0.25) is 4.79 Å². The summed E-state index contributed by atoms with van der Waals surface area (Å²) in [6, 6.07) is 16.0. The largest absolute Gasteiger partial charge is 0.399 e. The second kappa shape index (κ2) is 6.84. The van der Waals surface area contributed by atoms with Crippen molar-refractivity contribution in [3.63, 3.8) is 0 Å². The van der Waals surface area contributed by atoms with Gasteiger partial charge in [0.2, 0.25) is 0 Å². The first-order chi connectivity index (χ1) is 10.2. The van der Waals surface area contributed by atoms with E-state index in [2.05, 4.69) is 12.1 Å². The Morgan fingerprint density at radius 2 is 1.91 bits per heavy atom. The van der Waals surface area contributed by atoms with Crippen molar-refractivity contribution >= 4 is 24.0 Å². The van der Waals surface area contributed by atoms with Crippen LogP contribution in [0.25, 0.3) is 0 Å². The molecule has 22 heavy (non-hydrogen) atoms. The molecular weight excluding hydrogens is 296 g/mol. The lowest BCUT2D eigenvalue weighted by atomic mass is 10.0. The van der Waals surface area contributed by atoms with Gasteiger partial charge in [-0.2, -0.15) is 0 Å². The summed E-state index contributed by atoms with van der Waals surface area (Å²) >= 11 is 0. The normalized spacial score (nSPS) is 17.1. The van der Waals surface area contributed by atoms with Gasteiger partial charge in [-0.05, 0) is 43.0 Å². The van der Waals surface area contributed by atoms with Crippen LogP contribution in [0.2, 0.25) is 0 Å². The van der Waals surface area contributed by atoms with E-state index in [-0.39, 0.29) is 24.4 Å². The van der Waals surface area contributed by atoms with Crippen LogP contribution >= 0.6 is 12.4 Å². The molecule has 2 aromatic carbocycles. The molecule has 1 atom stereocenters. The summed E-state index contributed by atoms with van der Waals surface area (Å²) in [4.78, 5) is 14.9. The van der Waals surface area contributed by atoms with Crippen LogP contribution in [-0.2, 0) is 0 Å². The third-order valence-electron chi connectivity index (χ3n) is 4.19. The fourth-order valence-electron chi connectivity index (χ4n) is 3.06. The molecule has 0 spiro atoms. The van der Waals surface area contributed by atoms with Crippen LogP contribution in [0.15, 0.2) is 48.5 Å². The summed E-state index contributed by atoms with van der Waals surface area (Å²) < 4.78 is 0. The number of amides is 1. The van der Waals surface area contributed by atoms with Crippen molar-refractivity contribution < 1.29 is 4.79 Å². The number of nitrogen functional groups attached to an aromatic ring is 1. The first kappa shape index (κ1) is 16.4. The fourth-order valence-corrected chi connectivity index (χ4v) is 3.06. The zero-order valence-corrected chi connectivity index (χ0v) is 13.5. The van der Waals surface area contributed by atoms with E-state index in [4.69, 9.17) is 5.73 Å². The number of carbonyl (C=O) groups excluding carboxylic acids is 1. The first-order valence-electron chi connectivity index (χ1n) is 7.39. The van der Waals surface area contributed by atoms with E-state index >= 15 is 0 Å². The molecule has 2 N–H and O–H groups in total. The van der Waals surface area contributed by atoms with Gasteiger partial charge in [-0.1, -0.05) is 36.4 Å². The Morgan fingerprint density at radius 3 is 2.64 bits per heavy atom. The molecule has 0 aliphatic carbocycles. The Bertz CT molecular complexity index is 657. The second-order valence-corrected chi connectivity index (χ2v) is 5.64. The van der Waals surface area contributed by atoms with Gasteiger partial charge >= 0.3 is 0 Å². The van der Waals surface area contributed by atoms with Crippen molar-refractivity contribution in [2.75, 3.05) is 12.3 Å². The fraction of sp³-hybridized carbons (Fsp3) is 0.278. The third-order valence-corrected chi connectivity index (χ3v) is 4.19. The molecule has 1 amide bonds. The molecule has 1 saturated heterocycles. The lowest BCUT2D eigenvalue weighted by Crippen LogP contribution is -2.31. The molecular formula is C18H21ClN2O. The van der Waals surface area contributed by atoms with E-state index in [1.807, 2.05) is 42.2 Å². The number of hydrogen-bond donors (Lipinski definition) is 1. The van der Waals surface area contributed by atoms with Crippen molar-refractivity contribution in [2.45, 2.75) is 25.8 Å². The number of likely N-dealkylation sites (tertiary alicyclic amines) is 1. The van der Waals surface area contributed by atoms with E-state index in [1.54, 1.807) is 6.07 Å². The van der Waals surface area contributed by atoms with Crippen LogP contribution in [0, 0.1) is 6.92 Å². The Hall–Kier alpha value is -2.00. The zero-order valence-electron chi connectivity index (χ0n) is 12.7. The highest BCUT2D eigenvalue weighted by Crippen LogP contribution is 2.33. The molecule has 1 aliphatic heterocycles. The minimum atomic E-state index is 0. The Kier molecular flexibility index (Phi) is 5.09. The van der Waals surface area contributed by atoms with Gasteiger partial charge in [0.15, 0.2) is 0 Å². The van der Waals surface area contributed by atoms with Gasteiger partial charge in [0.25, 0.3) is 5.91 Å². The molecule has 4 heteroatoms. The van der Waals surface area contributed by atoms with Crippen LogP contribution in [0.3, 0.4) is 0 Å². The molecule has 1 heterocycles. The summed E-state index contributed by atoms with van der Waals surface area (Å²) in [5, 5.41) is 0. The second-order valence-electron chi connectivity index (χ2n) is 5.64. The molecule has 2 aromatic rings. The van der Waals surface area contributed by atoms with Crippen molar-refractivity contribution in [2.24, 2.45) is 0 Å². The summed E-state index contributed by atoms with van der Waals surface area (Å²) in [7, 11) is 0. The lowest BCUT2D eigenvalue weighted by molar-refractivity contribution is 0.0735. The number of carbonyl (C=O) groups is 1. The molecule has 0 saturated carbocycles. The molecule has 1 fully saturated rings. The van der Waals surface area contributed by atoms with Crippen molar-refractivity contribution in [3.8, 4) is 0 Å². The van der Waals surface area contributed by atoms with Crippen molar-refractivity contribution in [1.82, 2.24) is 4.90 Å². The summed E-state index contributed by atoms with van der Waals surface area (Å²) in [6.45, 7) is 2.77. The van der Waals surface area contributed by atoms with Crippen molar-refractivity contribution in [1.29, 1.82) is 0 Å². The Morgan fingerprint density at radius 1 is 1.18 bits per heavy atom. The maximum absolute atomic E-state index is 12.9. The number of aryl methyl sites for hydroxylation is 1. The topological polar surface area (TPSA) is 46.3 Å². The summed E-state index contributed by atoms with van der Waals surface area (Å²) in [5.41, 5.74) is 9.39. The van der Waals surface area contributed by atoms with Crippen LogP contribution in [-0.4, -0.2) is 17.4 Å². The van der Waals surface area contributed by atoms with E-state index in [0.717, 1.165) is 30.5 Å². The molecule has 3 nitrogen and oxygen atoms in total. The minimum Gasteiger partial charge on any atom is -0.399 e. The molecule has 0 bridgehead atoms. The van der Waals surface area contributed by atoms with Gasteiger partial charge in [0.05, 0.1) is 6.04 Å². The quantitative estimate of drug-likeness (QED) is 0.852. The lowest BCUT2D eigenvalue weighted by Gasteiger charge is -2.26. The number of nitrogens with two attached hydrogens (primary N) is 1. The number of anilines is 1. The van der Waals surface area contributed by atoms with Gasteiger partial charge in [0, 0.05) is 17.8 Å². The average molecular weight is 317 g/mol. The Labute approximate surface area is 137 Å². The van der Waals surface area contributed by atoms with Gasteiger partial charge in [0.1, 0.15) is 0 Å². The molecule has 0 aromatic heterocycles. The van der Waals surface area contributed by atoms with Gasteiger partial charge in [-0.15, -0.1) is 12.4 Å². The SMILES string of the molecule is Cc1ccc(N)cc1C(=O)N1CCCC1c1ccccc1.Cl. The monoisotopic (exact) mass is 316 g/mol. The zero-order chi connectivity index (χ0) is 14.8. The van der Waals surface area contributed by atoms with Crippen molar-refractivity contribution in [3.05, 3.63) is 65.2 Å². The third kappa shape index (κ3) is 3.09. The number of halogens is 1. The van der Waals surface area contributed by atoms with E-state index in [9.17, 15) is 4.79 Å². The predicted octanol–water partition coefficient (Wildman–Crippen LogP) is 3.98. The van der Waals surface area contributed by atoms with E-state index < -0.39 is 0 Å². The number of rotatable bonds is 2. The van der Waals surface area contributed by atoms with E-state index in [0.29, 0.717) is 5.69 Å². The molecule has 1 unspecified atom stereocenters. The highest BCUT2D eigenvalue weighted by molar-refractivity contribution is 5.97. The number of nitrogens with zero attached hydrogens (tertiary/aromatic N) is 1. The minimum absolute atomic E-state index is 0. The highest BCUT2D eigenvalue weighted by Gasteiger charge is 2.31. The molecule has 1 aliphatic rings. The van der Waals surface area contributed by atoms with Crippen LogP contribution < -0.4 is 5.73 Å². The summed E-state index contributed by atoms with van der Waals surface area (Å²) in [6.07, 6.45) is 2.07. The number of hydrogen-bond acceptors (Lipinski definition) is 2. The van der Waals surface area contributed by atoms with Gasteiger partial charge < -0.3 is 10.6 Å². The average Bonchev–Trinajstić information content (AvgIpc) is 2.99. The van der Waals surface area contributed by atoms with Gasteiger partial charge in [-0.25, -0.2) is 0 Å². The highest BCUT2D eigenvalue weighted by atomic mass is 35.5. The molecule has 0 radical (unpaired) electrons. The molecule has 116 valence electrons. The van der Waals surface area contributed by atoms with Crippen LogP contribution in [0.1, 0.15) is 40.4 Å². The number of benzene rings is 2. The standard InChI is InChI=1S/C18H20N2O.ClH/c1-13-9-10-15(19)12-16(13)18(21)20-11-5-8-17(20)14-6-3-2-4-7-14;/h2-4,6-7,9-10,12,17H,5,8,11,19H2,1H3;1H. The maximum atomic E-state index is 12.9.